The van der Waals surface area contributed by atoms with E-state index in [2.05, 4.69) is 10.1 Å². The van der Waals surface area contributed by atoms with Gasteiger partial charge in [0.2, 0.25) is 15.0 Å². The zero-order chi connectivity index (χ0) is 23.9. The summed E-state index contributed by atoms with van der Waals surface area (Å²) in [6, 6.07) is 17.1. The molecule has 0 atom stereocenters. The fraction of sp³-hybridized carbons (Fsp3) is 0.0870. The van der Waals surface area contributed by atoms with Gasteiger partial charge in [0.25, 0.3) is 5.56 Å². The minimum Gasteiger partial charge on any atom is -0.485 e. The molecule has 0 bridgehead atoms. The predicted octanol–water partition coefficient (Wildman–Crippen LogP) is 2.49. The molecule has 0 radical (unpaired) electrons. The van der Waals surface area contributed by atoms with Crippen molar-refractivity contribution in [3.05, 3.63) is 92.7 Å². The van der Waals surface area contributed by atoms with Gasteiger partial charge in [-0.15, -0.1) is 5.10 Å². The summed E-state index contributed by atoms with van der Waals surface area (Å²) in [6.07, 6.45) is 1.62. The number of nitrogens with two attached hydrogens (primary N) is 1. The number of benzene rings is 2. The van der Waals surface area contributed by atoms with Crippen LogP contribution in [0.4, 0.5) is 0 Å². The number of aromatic nitrogens is 3. The van der Waals surface area contributed by atoms with Crippen LogP contribution >= 0.6 is 11.3 Å². The molecule has 172 valence electrons. The lowest BCUT2D eigenvalue weighted by Gasteiger charge is -2.05. The number of rotatable bonds is 6. The Labute approximate surface area is 197 Å². The normalized spacial score (nSPS) is 12.5. The summed E-state index contributed by atoms with van der Waals surface area (Å²) in [6.45, 7) is 2.11. The molecule has 5 aromatic rings. The van der Waals surface area contributed by atoms with Crippen LogP contribution in [0.2, 0.25) is 0 Å². The molecule has 0 fully saturated rings. The summed E-state index contributed by atoms with van der Waals surface area (Å²) in [5, 5.41) is 9.40. The second-order valence-corrected chi connectivity index (χ2v) is 10.0. The van der Waals surface area contributed by atoms with Crippen LogP contribution in [0.3, 0.4) is 0 Å². The van der Waals surface area contributed by atoms with E-state index in [1.807, 2.05) is 31.2 Å². The van der Waals surface area contributed by atoms with Gasteiger partial charge >= 0.3 is 0 Å². The van der Waals surface area contributed by atoms with E-state index in [9.17, 15) is 13.2 Å². The third-order valence-electron chi connectivity index (χ3n) is 5.04. The lowest BCUT2D eigenvalue weighted by Crippen LogP contribution is -2.23. The van der Waals surface area contributed by atoms with Crippen molar-refractivity contribution < 1.29 is 17.6 Å². The first-order valence-electron chi connectivity index (χ1n) is 10.1. The van der Waals surface area contributed by atoms with Crippen molar-refractivity contribution >= 4 is 32.4 Å². The van der Waals surface area contributed by atoms with Crippen molar-refractivity contribution in [1.82, 2.24) is 14.6 Å². The summed E-state index contributed by atoms with van der Waals surface area (Å²) in [5.74, 6) is 2.15. The molecule has 0 amide bonds. The quantitative estimate of drug-likeness (QED) is 0.384. The van der Waals surface area contributed by atoms with Crippen LogP contribution in [-0.2, 0) is 16.6 Å². The van der Waals surface area contributed by atoms with E-state index < -0.39 is 10.0 Å². The Morgan fingerprint density at radius 2 is 1.88 bits per heavy atom. The maximum absolute atomic E-state index is 12.8. The maximum atomic E-state index is 12.8. The third-order valence-corrected chi connectivity index (χ3v) is 6.93. The maximum Gasteiger partial charge on any atom is 0.291 e. The van der Waals surface area contributed by atoms with Crippen LogP contribution in [0, 0.1) is 6.92 Å². The number of furan rings is 1. The van der Waals surface area contributed by atoms with E-state index in [-0.39, 0.29) is 17.1 Å². The number of fused-ring (bicyclic) bond motifs is 1. The number of para-hydroxylation sites is 1. The van der Waals surface area contributed by atoms with Crippen molar-refractivity contribution in [3.63, 3.8) is 0 Å². The number of primary sulfonamides is 1. The van der Waals surface area contributed by atoms with Gasteiger partial charge in [-0.3, -0.25) is 4.79 Å². The van der Waals surface area contributed by atoms with Crippen LogP contribution in [-0.4, -0.2) is 23.0 Å². The van der Waals surface area contributed by atoms with Gasteiger partial charge in [-0.25, -0.2) is 13.6 Å². The second-order valence-electron chi connectivity index (χ2n) is 7.46. The van der Waals surface area contributed by atoms with Gasteiger partial charge < -0.3 is 9.15 Å². The first kappa shape index (κ1) is 22.0. The minimum absolute atomic E-state index is 0.0173. The van der Waals surface area contributed by atoms with Crippen molar-refractivity contribution in [1.29, 1.82) is 0 Å². The van der Waals surface area contributed by atoms with Crippen LogP contribution in [0.15, 0.2) is 74.8 Å². The highest BCUT2D eigenvalue weighted by molar-refractivity contribution is 7.89. The third kappa shape index (κ3) is 4.36. The SMILES string of the molecule is Cc1ccccc1OCc1nc2s/c(=C\c3ccc(-c4ccc(S(N)(=O)=O)cc4)o3)c(=O)n2n1. The van der Waals surface area contributed by atoms with Crippen LogP contribution in [0.25, 0.3) is 22.4 Å². The summed E-state index contributed by atoms with van der Waals surface area (Å²) in [5.41, 5.74) is 1.38. The molecule has 3 aromatic heterocycles. The van der Waals surface area contributed by atoms with Gasteiger partial charge in [0.15, 0.2) is 5.82 Å². The highest BCUT2D eigenvalue weighted by Crippen LogP contribution is 2.24. The fourth-order valence-corrected chi connectivity index (χ4v) is 4.74. The molecule has 2 aromatic carbocycles. The van der Waals surface area contributed by atoms with Gasteiger partial charge in [-0.05, 0) is 55.0 Å². The average molecular weight is 495 g/mol. The van der Waals surface area contributed by atoms with Crippen molar-refractivity contribution in [3.8, 4) is 17.1 Å². The highest BCUT2D eigenvalue weighted by atomic mass is 32.2. The molecule has 0 aliphatic heterocycles. The summed E-state index contributed by atoms with van der Waals surface area (Å²) in [4.78, 5) is 17.6. The zero-order valence-corrected chi connectivity index (χ0v) is 19.5. The Morgan fingerprint density at radius 3 is 2.59 bits per heavy atom. The van der Waals surface area contributed by atoms with Crippen molar-refractivity contribution in [2.45, 2.75) is 18.4 Å². The molecule has 3 heterocycles. The molecule has 11 heteroatoms. The average Bonchev–Trinajstić information content (AvgIpc) is 3.50. The zero-order valence-electron chi connectivity index (χ0n) is 17.8. The molecule has 0 spiro atoms. The molecule has 0 saturated carbocycles. The summed E-state index contributed by atoms with van der Waals surface area (Å²) >= 11 is 1.20. The number of aryl methyl sites for hydroxylation is 1. The molecule has 0 aliphatic carbocycles. The molecule has 34 heavy (non-hydrogen) atoms. The van der Waals surface area contributed by atoms with Crippen LogP contribution in [0.5, 0.6) is 5.75 Å². The molecule has 5 rings (SSSR count). The fourth-order valence-electron chi connectivity index (χ4n) is 3.32. The molecule has 9 nitrogen and oxygen atoms in total. The van der Waals surface area contributed by atoms with E-state index in [4.69, 9.17) is 14.3 Å². The van der Waals surface area contributed by atoms with Gasteiger partial charge in [0.1, 0.15) is 28.4 Å². The Balaban J connectivity index is 1.37. The Kier molecular flexibility index (Phi) is 5.52. The van der Waals surface area contributed by atoms with Crippen molar-refractivity contribution in [2.24, 2.45) is 5.14 Å². The Bertz CT molecular complexity index is 1720. The largest absolute Gasteiger partial charge is 0.485 e. The van der Waals surface area contributed by atoms with E-state index in [1.54, 1.807) is 30.3 Å². The number of thiazole rings is 1. The second kappa shape index (κ2) is 8.52. The lowest BCUT2D eigenvalue weighted by molar-refractivity contribution is 0.294. The number of nitrogens with zero attached hydrogens (tertiary/aromatic N) is 3. The molecular weight excluding hydrogens is 476 g/mol. The summed E-state index contributed by atoms with van der Waals surface area (Å²) < 4.78 is 36.1. The summed E-state index contributed by atoms with van der Waals surface area (Å²) in [7, 11) is -3.76. The molecule has 0 aliphatic rings. The van der Waals surface area contributed by atoms with E-state index in [1.165, 1.54) is 28.0 Å². The monoisotopic (exact) mass is 494 g/mol. The standard InChI is InChI=1S/C23H18N4O5S2/c1-14-4-2-3-5-18(14)31-13-21-25-23-27(26-21)22(28)20(33-23)12-16-8-11-19(32-16)15-6-9-17(10-7-15)34(24,29)30/h2-12H,13H2,1H3,(H2,24,29,30)/b20-12-. The highest BCUT2D eigenvalue weighted by Gasteiger charge is 2.13. The first-order chi connectivity index (χ1) is 16.3. The predicted molar refractivity (Wildman–Crippen MR) is 127 cm³/mol. The Hall–Kier alpha value is -3.80. The van der Waals surface area contributed by atoms with Gasteiger partial charge in [-0.2, -0.15) is 9.50 Å². The lowest BCUT2D eigenvalue weighted by atomic mass is 10.2. The van der Waals surface area contributed by atoms with E-state index in [0.29, 0.717) is 32.4 Å². The van der Waals surface area contributed by atoms with Crippen LogP contribution < -0.4 is 20.0 Å². The molecular formula is C23H18N4O5S2. The number of ether oxygens (including phenoxy) is 1. The minimum atomic E-state index is -3.76. The number of hydrogen-bond donors (Lipinski definition) is 1. The topological polar surface area (TPSA) is 130 Å². The smallest absolute Gasteiger partial charge is 0.291 e. The van der Waals surface area contributed by atoms with Gasteiger partial charge in [0, 0.05) is 11.6 Å². The van der Waals surface area contributed by atoms with Gasteiger partial charge in [-0.1, -0.05) is 29.5 Å². The molecule has 0 saturated heterocycles. The number of sulfonamides is 1. The van der Waals surface area contributed by atoms with E-state index >= 15 is 0 Å². The first-order valence-corrected chi connectivity index (χ1v) is 12.5. The number of hydrogen-bond acceptors (Lipinski definition) is 8. The molecule has 0 unspecified atom stereocenters. The van der Waals surface area contributed by atoms with Crippen molar-refractivity contribution in [2.75, 3.05) is 0 Å². The van der Waals surface area contributed by atoms with Gasteiger partial charge in [0.05, 0.1) is 4.90 Å². The van der Waals surface area contributed by atoms with Crippen LogP contribution in [0.1, 0.15) is 17.1 Å². The molecule has 2 N–H and O–H groups in total. The Morgan fingerprint density at radius 1 is 1.12 bits per heavy atom. The van der Waals surface area contributed by atoms with E-state index in [0.717, 1.165) is 11.3 Å².